The zero-order chi connectivity index (χ0) is 13.7. The highest BCUT2D eigenvalue weighted by Gasteiger charge is 2.56. The van der Waals surface area contributed by atoms with Crippen molar-refractivity contribution in [3.63, 3.8) is 0 Å². The Bertz CT molecular complexity index is 542. The van der Waals surface area contributed by atoms with Crippen LogP contribution in [0.2, 0.25) is 0 Å². The molecule has 0 aromatic heterocycles. The molecule has 2 atom stereocenters. The van der Waals surface area contributed by atoms with Gasteiger partial charge in [0.05, 0.1) is 0 Å². The normalized spacial score (nSPS) is 31.4. The molecule has 2 aliphatic carbocycles. The molecule has 1 aliphatic heterocycles. The van der Waals surface area contributed by atoms with E-state index in [4.69, 9.17) is 5.73 Å². The topological polar surface area (TPSA) is 46.3 Å². The number of fused-ring (bicyclic) bond motifs is 2. The number of benzene rings is 1. The molecule has 2 fully saturated rings. The van der Waals surface area contributed by atoms with E-state index in [1.165, 1.54) is 31.2 Å². The Labute approximate surface area is 120 Å². The maximum absolute atomic E-state index is 12.9. The van der Waals surface area contributed by atoms with Gasteiger partial charge in [-0.15, -0.1) is 0 Å². The van der Waals surface area contributed by atoms with Crippen LogP contribution in [0.4, 0.5) is 11.4 Å². The van der Waals surface area contributed by atoms with Crippen LogP contribution in [0.1, 0.15) is 37.7 Å². The van der Waals surface area contributed by atoms with Gasteiger partial charge in [-0.2, -0.15) is 0 Å². The summed E-state index contributed by atoms with van der Waals surface area (Å²) in [5, 5.41) is 0. The Balaban J connectivity index is 1.61. The van der Waals surface area contributed by atoms with Crippen molar-refractivity contribution < 1.29 is 4.79 Å². The highest BCUT2D eigenvalue weighted by atomic mass is 16.2. The first-order chi connectivity index (χ1) is 9.75. The van der Waals surface area contributed by atoms with E-state index in [9.17, 15) is 4.79 Å². The van der Waals surface area contributed by atoms with Crippen LogP contribution in [0.3, 0.4) is 0 Å². The molecule has 0 saturated heterocycles. The molecule has 0 radical (unpaired) electrons. The van der Waals surface area contributed by atoms with Crippen molar-refractivity contribution in [2.24, 2.45) is 17.8 Å². The third-order valence-electron chi connectivity index (χ3n) is 5.44. The number of hydrogen-bond acceptors (Lipinski definition) is 2. The van der Waals surface area contributed by atoms with Crippen LogP contribution in [0.15, 0.2) is 18.2 Å². The summed E-state index contributed by atoms with van der Waals surface area (Å²) in [6.07, 6.45) is 7.29. The Morgan fingerprint density at radius 1 is 1.15 bits per heavy atom. The van der Waals surface area contributed by atoms with Crippen LogP contribution < -0.4 is 10.6 Å². The van der Waals surface area contributed by atoms with Gasteiger partial charge in [0, 0.05) is 23.8 Å². The van der Waals surface area contributed by atoms with Gasteiger partial charge in [0.1, 0.15) is 0 Å². The molecular weight excluding hydrogens is 248 g/mol. The largest absolute Gasteiger partial charge is 0.399 e. The fourth-order valence-electron chi connectivity index (χ4n) is 4.36. The summed E-state index contributed by atoms with van der Waals surface area (Å²) in [6, 6.07) is 6.02. The number of amides is 1. The molecule has 1 aromatic carbocycles. The van der Waals surface area contributed by atoms with Crippen molar-refractivity contribution in [2.45, 2.75) is 38.5 Å². The maximum atomic E-state index is 12.9. The molecule has 1 aromatic rings. The molecule has 3 aliphatic rings. The summed E-state index contributed by atoms with van der Waals surface area (Å²) in [5.74, 6) is 2.05. The lowest BCUT2D eigenvalue weighted by Crippen LogP contribution is -2.37. The average molecular weight is 270 g/mol. The van der Waals surface area contributed by atoms with Crippen LogP contribution >= 0.6 is 0 Å². The minimum atomic E-state index is 0.310. The summed E-state index contributed by atoms with van der Waals surface area (Å²) in [5.41, 5.74) is 9.03. The molecule has 2 N–H and O–H groups in total. The van der Waals surface area contributed by atoms with Crippen molar-refractivity contribution in [3.05, 3.63) is 23.8 Å². The van der Waals surface area contributed by atoms with Crippen LogP contribution in [-0.2, 0) is 11.2 Å². The predicted molar refractivity (Wildman–Crippen MR) is 80.5 cm³/mol. The van der Waals surface area contributed by atoms with Gasteiger partial charge in [0.15, 0.2) is 0 Å². The summed E-state index contributed by atoms with van der Waals surface area (Å²) in [4.78, 5) is 14.9. The van der Waals surface area contributed by atoms with E-state index in [0.717, 1.165) is 30.8 Å². The van der Waals surface area contributed by atoms with E-state index in [2.05, 4.69) is 6.07 Å². The zero-order valence-electron chi connectivity index (χ0n) is 11.8. The van der Waals surface area contributed by atoms with Crippen molar-refractivity contribution in [2.75, 3.05) is 17.2 Å². The second-order valence-corrected chi connectivity index (χ2v) is 6.62. The smallest absolute Gasteiger partial charge is 0.230 e. The van der Waals surface area contributed by atoms with Crippen molar-refractivity contribution >= 4 is 17.3 Å². The molecule has 1 heterocycles. The van der Waals surface area contributed by atoms with Crippen molar-refractivity contribution in [3.8, 4) is 0 Å². The van der Waals surface area contributed by atoms with Gasteiger partial charge in [-0.3, -0.25) is 4.79 Å². The molecule has 3 nitrogen and oxygen atoms in total. The number of carbonyl (C=O) groups is 1. The third-order valence-corrected chi connectivity index (χ3v) is 5.44. The highest BCUT2D eigenvalue weighted by molar-refractivity contribution is 5.98. The molecule has 0 spiro atoms. The summed E-state index contributed by atoms with van der Waals surface area (Å²) < 4.78 is 0. The number of carbonyl (C=O) groups excluding carboxylic acids is 1. The molecular formula is C17H22N2O. The monoisotopic (exact) mass is 270 g/mol. The van der Waals surface area contributed by atoms with Gasteiger partial charge in [0.2, 0.25) is 5.91 Å². The molecule has 2 unspecified atom stereocenters. The van der Waals surface area contributed by atoms with Crippen LogP contribution in [-0.4, -0.2) is 12.5 Å². The van der Waals surface area contributed by atoms with E-state index in [-0.39, 0.29) is 0 Å². The van der Waals surface area contributed by atoms with Gasteiger partial charge >= 0.3 is 0 Å². The van der Waals surface area contributed by atoms with Gasteiger partial charge in [0.25, 0.3) is 0 Å². The second kappa shape index (κ2) is 4.51. The molecule has 3 heteroatoms. The number of nitrogens with two attached hydrogens (primary N) is 1. The Morgan fingerprint density at radius 3 is 2.65 bits per heavy atom. The number of nitrogens with zero attached hydrogens (tertiary/aromatic N) is 1. The van der Waals surface area contributed by atoms with Crippen molar-refractivity contribution in [1.82, 2.24) is 0 Å². The van der Waals surface area contributed by atoms with Gasteiger partial charge in [-0.25, -0.2) is 0 Å². The molecule has 1 amide bonds. The standard InChI is InChI=1S/C17H22N2O/c18-12-8-7-11-4-3-9-19(15(11)10-12)17(20)16-13-5-1-2-6-14(13)16/h7-8,10,13-14,16H,1-6,9,18H2. The van der Waals surface area contributed by atoms with Gasteiger partial charge in [-0.05, 0) is 55.2 Å². The first-order valence-corrected chi connectivity index (χ1v) is 7.95. The molecule has 2 saturated carbocycles. The Hall–Kier alpha value is -1.51. The van der Waals surface area contributed by atoms with E-state index < -0.39 is 0 Å². The molecule has 106 valence electrons. The Morgan fingerprint density at radius 2 is 1.90 bits per heavy atom. The SMILES string of the molecule is Nc1ccc2c(c1)N(C(=O)C1C3CCCCC31)CCC2. The van der Waals surface area contributed by atoms with E-state index in [1.54, 1.807) is 0 Å². The lowest BCUT2D eigenvalue weighted by atomic mass is 10.0. The van der Waals surface area contributed by atoms with Crippen LogP contribution in [0.5, 0.6) is 0 Å². The zero-order valence-corrected chi connectivity index (χ0v) is 11.8. The Kier molecular flexibility index (Phi) is 2.76. The lowest BCUT2D eigenvalue weighted by Gasteiger charge is -2.30. The van der Waals surface area contributed by atoms with E-state index >= 15 is 0 Å². The number of nitrogen functional groups attached to an aromatic ring is 1. The summed E-state index contributed by atoms with van der Waals surface area (Å²) >= 11 is 0. The minimum absolute atomic E-state index is 0.310. The maximum Gasteiger partial charge on any atom is 0.230 e. The van der Waals surface area contributed by atoms with Gasteiger partial charge < -0.3 is 10.6 Å². The van der Waals surface area contributed by atoms with Crippen LogP contribution in [0, 0.1) is 17.8 Å². The predicted octanol–water partition coefficient (Wildman–Crippen LogP) is 2.98. The summed E-state index contributed by atoms with van der Waals surface area (Å²) in [6.45, 7) is 0.866. The second-order valence-electron chi connectivity index (χ2n) is 6.62. The molecule has 0 bridgehead atoms. The van der Waals surface area contributed by atoms with E-state index in [1.807, 2.05) is 17.0 Å². The first-order valence-electron chi connectivity index (χ1n) is 7.95. The summed E-state index contributed by atoms with van der Waals surface area (Å²) in [7, 11) is 0. The lowest BCUT2D eigenvalue weighted by molar-refractivity contribution is -0.120. The fourth-order valence-corrected chi connectivity index (χ4v) is 4.36. The van der Waals surface area contributed by atoms with Crippen LogP contribution in [0.25, 0.3) is 0 Å². The average Bonchev–Trinajstić information content (AvgIpc) is 3.20. The molecule has 4 rings (SSSR count). The van der Waals surface area contributed by atoms with Gasteiger partial charge in [-0.1, -0.05) is 18.9 Å². The van der Waals surface area contributed by atoms with E-state index in [0.29, 0.717) is 23.7 Å². The number of aryl methyl sites for hydroxylation is 1. The number of hydrogen-bond donors (Lipinski definition) is 1. The van der Waals surface area contributed by atoms with Crippen molar-refractivity contribution in [1.29, 1.82) is 0 Å². The third kappa shape index (κ3) is 1.83. The fraction of sp³-hybridized carbons (Fsp3) is 0.588. The first kappa shape index (κ1) is 12.2. The quantitative estimate of drug-likeness (QED) is 0.797. The molecule has 20 heavy (non-hydrogen) atoms. The number of anilines is 2. The highest BCUT2D eigenvalue weighted by Crippen LogP contribution is 2.56. The number of rotatable bonds is 1. The minimum Gasteiger partial charge on any atom is -0.399 e.